The number of methoxy groups -OCH3 is 1. The summed E-state index contributed by atoms with van der Waals surface area (Å²) in [4.78, 5) is 27.1. The highest BCUT2D eigenvalue weighted by Crippen LogP contribution is 2.34. The molecule has 1 aliphatic heterocycles. The van der Waals surface area contributed by atoms with Crippen molar-refractivity contribution in [3.8, 4) is 5.75 Å². The molecule has 0 atom stereocenters. The summed E-state index contributed by atoms with van der Waals surface area (Å²) < 4.78 is 5.09. The normalized spacial score (nSPS) is 13.4. The maximum absolute atomic E-state index is 12.2. The van der Waals surface area contributed by atoms with Crippen LogP contribution in [-0.2, 0) is 9.59 Å². The number of thioether (sulfide) groups is 1. The highest BCUT2D eigenvalue weighted by Gasteiger charge is 2.24. The lowest BCUT2D eigenvalue weighted by Crippen LogP contribution is -2.37. The van der Waals surface area contributed by atoms with Gasteiger partial charge in [-0.1, -0.05) is 12.1 Å². The molecule has 0 radical (unpaired) electrons. The number of para-hydroxylation sites is 1. The minimum atomic E-state index is -0.122. The van der Waals surface area contributed by atoms with Gasteiger partial charge >= 0.3 is 0 Å². The number of benzene rings is 2. The Labute approximate surface area is 145 Å². The van der Waals surface area contributed by atoms with Gasteiger partial charge < -0.3 is 15.0 Å². The van der Waals surface area contributed by atoms with Crippen LogP contribution in [0, 0.1) is 0 Å². The largest absolute Gasteiger partial charge is 0.497 e. The third-order valence-electron chi connectivity index (χ3n) is 3.74. The van der Waals surface area contributed by atoms with Gasteiger partial charge in [0.15, 0.2) is 0 Å². The summed E-state index contributed by atoms with van der Waals surface area (Å²) in [5, 5.41) is 2.83. The second kappa shape index (κ2) is 7.40. The number of carbonyl (C=O) groups excluding carboxylic acids is 2. The van der Waals surface area contributed by atoms with Crippen LogP contribution in [0.4, 0.5) is 11.4 Å². The first-order valence-corrected chi connectivity index (χ1v) is 8.62. The fourth-order valence-corrected chi connectivity index (χ4v) is 3.45. The predicted octanol–water partition coefficient (Wildman–Crippen LogP) is 3.16. The molecule has 2 aromatic rings. The molecule has 0 aromatic heterocycles. The van der Waals surface area contributed by atoms with Gasteiger partial charge in [-0.2, -0.15) is 0 Å². The molecule has 2 aromatic carbocycles. The van der Waals surface area contributed by atoms with Gasteiger partial charge in [-0.3, -0.25) is 9.59 Å². The number of anilines is 2. The Morgan fingerprint density at radius 3 is 2.71 bits per heavy atom. The van der Waals surface area contributed by atoms with Crippen LogP contribution in [0.1, 0.15) is 6.42 Å². The van der Waals surface area contributed by atoms with Crippen molar-refractivity contribution in [2.75, 3.05) is 29.6 Å². The number of nitrogens with zero attached hydrogens (tertiary/aromatic N) is 1. The van der Waals surface area contributed by atoms with Gasteiger partial charge in [-0.05, 0) is 36.4 Å². The molecule has 0 spiro atoms. The molecule has 0 fully saturated rings. The number of amides is 2. The zero-order valence-electron chi connectivity index (χ0n) is 13.3. The minimum absolute atomic E-state index is 0.0379. The van der Waals surface area contributed by atoms with E-state index in [4.69, 9.17) is 4.74 Å². The van der Waals surface area contributed by atoms with Crippen molar-refractivity contribution in [2.45, 2.75) is 11.3 Å². The molecule has 3 rings (SSSR count). The van der Waals surface area contributed by atoms with Gasteiger partial charge in [0.05, 0.1) is 18.6 Å². The Kier molecular flexibility index (Phi) is 5.05. The number of rotatable bonds is 5. The maximum atomic E-state index is 12.2. The third-order valence-corrected chi connectivity index (χ3v) is 4.79. The van der Waals surface area contributed by atoms with E-state index in [0.29, 0.717) is 18.0 Å². The number of nitrogens with one attached hydrogen (secondary N) is 1. The zero-order chi connectivity index (χ0) is 16.9. The van der Waals surface area contributed by atoms with Gasteiger partial charge in [0.25, 0.3) is 0 Å². The van der Waals surface area contributed by atoms with Crippen LogP contribution < -0.4 is 15.0 Å². The van der Waals surface area contributed by atoms with E-state index in [1.165, 1.54) is 11.8 Å². The lowest BCUT2D eigenvalue weighted by molar-refractivity contribution is -0.117. The monoisotopic (exact) mass is 342 g/mol. The highest BCUT2D eigenvalue weighted by atomic mass is 32.2. The molecule has 0 aliphatic carbocycles. The van der Waals surface area contributed by atoms with Crippen molar-refractivity contribution in [3.63, 3.8) is 0 Å². The van der Waals surface area contributed by atoms with Crippen molar-refractivity contribution in [1.29, 1.82) is 0 Å². The number of hydrogen-bond acceptors (Lipinski definition) is 4. The first-order chi connectivity index (χ1) is 11.7. The van der Waals surface area contributed by atoms with Crippen LogP contribution in [0.2, 0.25) is 0 Å². The van der Waals surface area contributed by atoms with Crippen molar-refractivity contribution in [3.05, 3.63) is 48.5 Å². The molecule has 0 unspecified atom stereocenters. The average Bonchev–Trinajstić information content (AvgIpc) is 2.61. The lowest BCUT2D eigenvalue weighted by Gasteiger charge is -2.28. The summed E-state index contributed by atoms with van der Waals surface area (Å²) in [5.74, 6) is 1.07. The highest BCUT2D eigenvalue weighted by molar-refractivity contribution is 8.00. The second-order valence-corrected chi connectivity index (χ2v) is 6.35. The Morgan fingerprint density at radius 1 is 1.21 bits per heavy atom. The predicted molar refractivity (Wildman–Crippen MR) is 95.8 cm³/mol. The number of hydrogen-bond donors (Lipinski definition) is 1. The van der Waals surface area contributed by atoms with Gasteiger partial charge in [0, 0.05) is 23.5 Å². The van der Waals surface area contributed by atoms with E-state index < -0.39 is 0 Å². The van der Waals surface area contributed by atoms with Crippen molar-refractivity contribution < 1.29 is 14.3 Å². The average molecular weight is 342 g/mol. The Balaban J connectivity index is 1.60. The number of fused-ring (bicyclic) bond motifs is 1. The van der Waals surface area contributed by atoms with E-state index in [-0.39, 0.29) is 18.2 Å². The molecule has 0 bridgehead atoms. The summed E-state index contributed by atoms with van der Waals surface area (Å²) >= 11 is 1.54. The minimum Gasteiger partial charge on any atom is -0.497 e. The van der Waals surface area contributed by atoms with E-state index in [0.717, 1.165) is 16.3 Å². The molecule has 1 heterocycles. The van der Waals surface area contributed by atoms with E-state index in [2.05, 4.69) is 5.32 Å². The van der Waals surface area contributed by atoms with Crippen molar-refractivity contribution in [1.82, 2.24) is 0 Å². The topological polar surface area (TPSA) is 58.6 Å². The third kappa shape index (κ3) is 3.71. The molecule has 124 valence electrons. The van der Waals surface area contributed by atoms with Crippen LogP contribution in [0.3, 0.4) is 0 Å². The van der Waals surface area contributed by atoms with Crippen LogP contribution in [0.25, 0.3) is 0 Å². The smallest absolute Gasteiger partial charge is 0.237 e. The molecular formula is C18H18N2O3S. The van der Waals surface area contributed by atoms with Crippen LogP contribution in [0.15, 0.2) is 53.4 Å². The Bertz CT molecular complexity index is 746. The summed E-state index contributed by atoms with van der Waals surface area (Å²) in [7, 11) is 1.60. The van der Waals surface area contributed by atoms with Crippen LogP contribution in [-0.4, -0.2) is 31.2 Å². The molecule has 24 heavy (non-hydrogen) atoms. The van der Waals surface area contributed by atoms with E-state index >= 15 is 0 Å². The summed E-state index contributed by atoms with van der Waals surface area (Å²) in [6, 6.07) is 14.9. The first-order valence-electron chi connectivity index (χ1n) is 7.63. The lowest BCUT2D eigenvalue weighted by atomic mass is 10.2. The quantitative estimate of drug-likeness (QED) is 0.907. The van der Waals surface area contributed by atoms with Gasteiger partial charge in [0.2, 0.25) is 11.8 Å². The molecule has 2 amide bonds. The summed E-state index contributed by atoms with van der Waals surface area (Å²) in [5.41, 5.74) is 1.60. The second-order valence-electron chi connectivity index (χ2n) is 5.33. The molecule has 1 N–H and O–H groups in total. The SMILES string of the molecule is COc1ccc(NC(=O)CCN2C(=O)CSc3ccccc32)cc1. The van der Waals surface area contributed by atoms with E-state index in [1.807, 2.05) is 24.3 Å². The Hall–Kier alpha value is -2.47. The van der Waals surface area contributed by atoms with Crippen LogP contribution in [0.5, 0.6) is 5.75 Å². The van der Waals surface area contributed by atoms with Gasteiger partial charge in [-0.25, -0.2) is 0 Å². The Morgan fingerprint density at radius 2 is 1.96 bits per heavy atom. The fourth-order valence-electron chi connectivity index (χ4n) is 2.51. The van der Waals surface area contributed by atoms with E-state index in [9.17, 15) is 9.59 Å². The molecule has 1 aliphatic rings. The molecule has 6 heteroatoms. The molecule has 5 nitrogen and oxygen atoms in total. The first kappa shape index (κ1) is 16.4. The number of ether oxygens (including phenoxy) is 1. The summed E-state index contributed by atoms with van der Waals surface area (Å²) in [6.45, 7) is 0.373. The standard InChI is InChI=1S/C18H18N2O3S/c1-23-14-8-6-13(7-9-14)19-17(21)10-11-20-15-4-2-3-5-16(15)24-12-18(20)22/h2-9H,10-12H2,1H3,(H,19,21). The molecule has 0 saturated carbocycles. The number of carbonyl (C=O) groups is 2. The molecular weight excluding hydrogens is 324 g/mol. The fraction of sp³-hybridized carbons (Fsp3) is 0.222. The van der Waals surface area contributed by atoms with Crippen LogP contribution >= 0.6 is 11.8 Å². The summed E-state index contributed by atoms with van der Waals surface area (Å²) in [6.07, 6.45) is 0.247. The zero-order valence-corrected chi connectivity index (χ0v) is 14.1. The van der Waals surface area contributed by atoms with E-state index in [1.54, 1.807) is 36.3 Å². The maximum Gasteiger partial charge on any atom is 0.237 e. The van der Waals surface area contributed by atoms with Gasteiger partial charge in [0.1, 0.15) is 5.75 Å². The van der Waals surface area contributed by atoms with Crippen molar-refractivity contribution >= 4 is 35.0 Å². The van der Waals surface area contributed by atoms with Gasteiger partial charge in [-0.15, -0.1) is 11.8 Å². The molecule has 0 saturated heterocycles. The van der Waals surface area contributed by atoms with Crippen molar-refractivity contribution in [2.24, 2.45) is 0 Å².